The van der Waals surface area contributed by atoms with Gasteiger partial charge in [-0.1, -0.05) is 60.1 Å². The third-order valence-electron chi connectivity index (χ3n) is 5.09. The van der Waals surface area contributed by atoms with E-state index in [0.717, 1.165) is 42.5 Å². The molecule has 3 aromatic rings. The summed E-state index contributed by atoms with van der Waals surface area (Å²) in [7, 11) is 0. The minimum Gasteiger partial charge on any atom is -0.351 e. The van der Waals surface area contributed by atoms with Crippen molar-refractivity contribution in [2.24, 2.45) is 5.73 Å². The Morgan fingerprint density at radius 2 is 1.59 bits per heavy atom. The fraction of sp³-hybridized carbons (Fsp3) is 0.273. The van der Waals surface area contributed by atoms with Crippen LogP contribution in [-0.4, -0.2) is 22.1 Å². The summed E-state index contributed by atoms with van der Waals surface area (Å²) in [5.74, 6) is 0.625. The van der Waals surface area contributed by atoms with Gasteiger partial charge in [-0.25, -0.2) is 9.97 Å². The molecule has 0 unspecified atom stereocenters. The van der Waals surface area contributed by atoms with Crippen LogP contribution >= 0.6 is 11.6 Å². The van der Waals surface area contributed by atoms with Gasteiger partial charge in [-0.3, -0.25) is 0 Å². The lowest BCUT2D eigenvalue weighted by Gasteiger charge is -2.26. The number of hydrogen-bond donors (Lipinski definition) is 2. The summed E-state index contributed by atoms with van der Waals surface area (Å²) in [6, 6.07) is 19.3. The maximum Gasteiger partial charge on any atom is 0.223 e. The molecule has 0 saturated heterocycles. The number of aromatic nitrogens is 2. The van der Waals surface area contributed by atoms with Gasteiger partial charge >= 0.3 is 0 Å². The minimum absolute atomic E-state index is 0.325. The van der Waals surface area contributed by atoms with Crippen LogP contribution in [0.3, 0.4) is 0 Å². The molecular weight excluding hydrogens is 356 g/mol. The molecule has 5 heteroatoms. The van der Waals surface area contributed by atoms with Gasteiger partial charge in [0.15, 0.2) is 0 Å². The Bertz CT molecular complexity index is 905. The second-order valence-electron chi connectivity index (χ2n) is 7.09. The molecular formula is C22H23ClN4. The predicted molar refractivity (Wildman–Crippen MR) is 112 cm³/mol. The fourth-order valence-corrected chi connectivity index (χ4v) is 3.76. The Kier molecular flexibility index (Phi) is 5.37. The molecule has 1 aliphatic carbocycles. The average Bonchev–Trinajstić information content (AvgIpc) is 2.72. The van der Waals surface area contributed by atoms with Crippen LogP contribution in [0, 0.1) is 0 Å². The van der Waals surface area contributed by atoms with Crippen molar-refractivity contribution in [2.45, 2.75) is 37.8 Å². The standard InChI is InChI=1S/C22H23ClN4/c23-20-14-25-22(26-19-11-9-18(24)10-12-19)27-21(20)17-8-4-7-16(13-17)15-5-2-1-3-6-15/h1-8,13-14,18-19H,9-12,24H2,(H,25,26,27)/t18-,19-. The van der Waals surface area contributed by atoms with Crippen LogP contribution in [0.25, 0.3) is 22.4 Å². The highest BCUT2D eigenvalue weighted by Crippen LogP contribution is 2.30. The van der Waals surface area contributed by atoms with Crippen LogP contribution in [0.1, 0.15) is 25.7 Å². The van der Waals surface area contributed by atoms with Crippen LogP contribution in [0.15, 0.2) is 60.8 Å². The van der Waals surface area contributed by atoms with Crippen molar-refractivity contribution in [1.82, 2.24) is 9.97 Å². The van der Waals surface area contributed by atoms with E-state index in [-0.39, 0.29) is 0 Å². The lowest BCUT2D eigenvalue weighted by molar-refractivity contribution is 0.410. The van der Waals surface area contributed by atoms with E-state index in [1.54, 1.807) is 6.20 Å². The maximum atomic E-state index is 6.42. The summed E-state index contributed by atoms with van der Waals surface area (Å²) >= 11 is 6.42. The number of anilines is 1. The third-order valence-corrected chi connectivity index (χ3v) is 5.37. The smallest absolute Gasteiger partial charge is 0.223 e. The van der Waals surface area contributed by atoms with Crippen LogP contribution in [0.2, 0.25) is 5.02 Å². The summed E-state index contributed by atoms with van der Waals surface area (Å²) in [4.78, 5) is 9.08. The Labute approximate surface area is 164 Å². The quantitative estimate of drug-likeness (QED) is 0.659. The van der Waals surface area contributed by atoms with E-state index in [2.05, 4.69) is 34.6 Å². The van der Waals surface area contributed by atoms with Crippen LogP contribution in [0.5, 0.6) is 0 Å². The van der Waals surface area contributed by atoms with Crippen molar-refractivity contribution < 1.29 is 0 Å². The lowest BCUT2D eigenvalue weighted by atomic mass is 9.92. The molecule has 0 bridgehead atoms. The number of benzene rings is 2. The van der Waals surface area contributed by atoms with Gasteiger partial charge in [0.25, 0.3) is 0 Å². The normalized spacial score (nSPS) is 19.6. The van der Waals surface area contributed by atoms with E-state index in [9.17, 15) is 0 Å². The van der Waals surface area contributed by atoms with Gasteiger partial charge in [0.2, 0.25) is 5.95 Å². The summed E-state index contributed by atoms with van der Waals surface area (Å²) < 4.78 is 0. The van der Waals surface area contributed by atoms with Gasteiger partial charge in [0.05, 0.1) is 16.9 Å². The van der Waals surface area contributed by atoms with Crippen molar-refractivity contribution >= 4 is 17.5 Å². The molecule has 1 fully saturated rings. The van der Waals surface area contributed by atoms with Crippen molar-refractivity contribution in [3.8, 4) is 22.4 Å². The number of nitrogens with zero attached hydrogens (tertiary/aromatic N) is 2. The number of nitrogens with two attached hydrogens (primary N) is 1. The summed E-state index contributed by atoms with van der Waals surface area (Å²) in [6.07, 6.45) is 5.85. The Morgan fingerprint density at radius 1 is 0.889 bits per heavy atom. The van der Waals surface area contributed by atoms with Gasteiger partial charge in [0.1, 0.15) is 0 Å². The molecule has 3 N–H and O–H groups in total. The zero-order valence-electron chi connectivity index (χ0n) is 15.1. The molecule has 0 atom stereocenters. The first-order valence-electron chi connectivity index (χ1n) is 9.39. The molecule has 1 aliphatic rings. The summed E-state index contributed by atoms with van der Waals surface area (Å²) in [5.41, 5.74) is 10.0. The SMILES string of the molecule is N[C@H]1CC[C@H](Nc2ncc(Cl)c(-c3cccc(-c4ccccc4)c3)n2)CC1. The number of rotatable bonds is 4. The molecule has 0 amide bonds. The van der Waals surface area contributed by atoms with Gasteiger partial charge in [-0.15, -0.1) is 0 Å². The van der Waals surface area contributed by atoms with Gasteiger partial charge in [-0.05, 0) is 42.9 Å². The molecule has 1 heterocycles. The van der Waals surface area contributed by atoms with Gasteiger partial charge < -0.3 is 11.1 Å². The Morgan fingerprint density at radius 3 is 2.37 bits per heavy atom. The average molecular weight is 379 g/mol. The van der Waals surface area contributed by atoms with Gasteiger partial charge in [-0.2, -0.15) is 0 Å². The Hall–Kier alpha value is -2.43. The van der Waals surface area contributed by atoms with Crippen molar-refractivity contribution in [3.05, 3.63) is 65.8 Å². The molecule has 1 saturated carbocycles. The molecule has 1 aromatic heterocycles. The molecule has 4 rings (SSSR count). The third kappa shape index (κ3) is 4.29. The highest BCUT2D eigenvalue weighted by atomic mass is 35.5. The first-order chi connectivity index (χ1) is 13.2. The monoisotopic (exact) mass is 378 g/mol. The first-order valence-corrected chi connectivity index (χ1v) is 9.77. The topological polar surface area (TPSA) is 63.8 Å². The van der Waals surface area contributed by atoms with Crippen LogP contribution in [-0.2, 0) is 0 Å². The molecule has 0 radical (unpaired) electrons. The maximum absolute atomic E-state index is 6.42. The van der Waals surface area contributed by atoms with E-state index >= 15 is 0 Å². The van der Waals surface area contributed by atoms with E-state index in [0.29, 0.717) is 23.1 Å². The lowest BCUT2D eigenvalue weighted by Crippen LogP contribution is -2.33. The van der Waals surface area contributed by atoms with Crippen molar-refractivity contribution in [3.63, 3.8) is 0 Å². The zero-order valence-corrected chi connectivity index (χ0v) is 15.9. The van der Waals surface area contributed by atoms with Crippen molar-refractivity contribution in [2.75, 3.05) is 5.32 Å². The first kappa shape index (κ1) is 18.0. The van der Waals surface area contributed by atoms with E-state index in [1.807, 2.05) is 30.3 Å². The second kappa shape index (κ2) is 8.07. The number of halogens is 1. The molecule has 0 spiro atoms. The highest BCUT2D eigenvalue weighted by molar-refractivity contribution is 6.32. The zero-order chi connectivity index (χ0) is 18.6. The van der Waals surface area contributed by atoms with Crippen LogP contribution in [0.4, 0.5) is 5.95 Å². The summed E-state index contributed by atoms with van der Waals surface area (Å²) in [6.45, 7) is 0. The molecule has 4 nitrogen and oxygen atoms in total. The number of hydrogen-bond acceptors (Lipinski definition) is 4. The minimum atomic E-state index is 0.325. The largest absolute Gasteiger partial charge is 0.351 e. The second-order valence-corrected chi connectivity index (χ2v) is 7.50. The predicted octanol–water partition coefficient (Wildman–Crippen LogP) is 5.15. The molecule has 0 aliphatic heterocycles. The highest BCUT2D eigenvalue weighted by Gasteiger charge is 2.19. The van der Waals surface area contributed by atoms with Crippen LogP contribution < -0.4 is 11.1 Å². The number of nitrogens with one attached hydrogen (secondary N) is 1. The molecule has 27 heavy (non-hydrogen) atoms. The van der Waals surface area contributed by atoms with E-state index in [4.69, 9.17) is 22.3 Å². The van der Waals surface area contributed by atoms with E-state index in [1.165, 1.54) is 5.56 Å². The summed E-state index contributed by atoms with van der Waals surface area (Å²) in [5, 5.41) is 4.00. The van der Waals surface area contributed by atoms with Crippen molar-refractivity contribution in [1.29, 1.82) is 0 Å². The van der Waals surface area contributed by atoms with Gasteiger partial charge in [0, 0.05) is 17.6 Å². The fourth-order valence-electron chi connectivity index (χ4n) is 3.56. The van der Waals surface area contributed by atoms with E-state index < -0.39 is 0 Å². The molecule has 2 aromatic carbocycles. The molecule has 138 valence electrons. The Balaban J connectivity index is 1.60.